The third-order valence-corrected chi connectivity index (χ3v) is 9.28. The summed E-state index contributed by atoms with van der Waals surface area (Å²) in [7, 11) is 0. The third kappa shape index (κ3) is 2.98. The lowest BCUT2D eigenvalue weighted by molar-refractivity contribution is -0.117. The van der Waals surface area contributed by atoms with E-state index in [0.717, 1.165) is 37.1 Å². The van der Waals surface area contributed by atoms with Crippen molar-refractivity contribution in [1.82, 2.24) is 0 Å². The minimum absolute atomic E-state index is 0.0541. The number of aliphatic hydroxyl groups is 1. The van der Waals surface area contributed by atoms with Crippen LogP contribution >= 0.6 is 0 Å². The molecule has 2 saturated carbocycles. The Labute approximate surface area is 185 Å². The van der Waals surface area contributed by atoms with Crippen molar-refractivity contribution in [3.8, 4) is 0 Å². The Bertz CT molecular complexity index is 979. The van der Waals surface area contributed by atoms with Gasteiger partial charge >= 0.3 is 0 Å². The van der Waals surface area contributed by atoms with Gasteiger partial charge in [0.05, 0.1) is 11.4 Å². The summed E-state index contributed by atoms with van der Waals surface area (Å²) in [5.41, 5.74) is 4.66. The van der Waals surface area contributed by atoms with E-state index in [1.54, 1.807) is 0 Å². The van der Waals surface area contributed by atoms with Crippen LogP contribution in [0.25, 0.3) is 0 Å². The molecule has 5 unspecified atom stereocenters. The first kappa shape index (κ1) is 20.7. The SMILES string of the molecule is C=Nc1ccccc1N(CO)C1=CCC2C3CCC4=CC(=O)CCC4(C)C3CCC12C. The zero-order valence-electron chi connectivity index (χ0n) is 18.8. The molecule has 0 amide bonds. The van der Waals surface area contributed by atoms with Crippen molar-refractivity contribution in [3.05, 3.63) is 47.7 Å². The molecule has 4 heteroatoms. The predicted molar refractivity (Wildman–Crippen MR) is 125 cm³/mol. The summed E-state index contributed by atoms with van der Waals surface area (Å²) in [6.07, 6.45) is 11.7. The number of hydrogen-bond acceptors (Lipinski definition) is 4. The first-order valence-electron chi connectivity index (χ1n) is 11.8. The van der Waals surface area contributed by atoms with Crippen LogP contribution in [0, 0.1) is 28.6 Å². The van der Waals surface area contributed by atoms with E-state index in [2.05, 4.69) is 36.5 Å². The van der Waals surface area contributed by atoms with Crippen LogP contribution in [0.4, 0.5) is 11.4 Å². The second-order valence-corrected chi connectivity index (χ2v) is 10.5. The fourth-order valence-electron chi connectivity index (χ4n) is 7.63. The number of aliphatic hydroxyl groups excluding tert-OH is 1. The minimum atomic E-state index is -0.0541. The lowest BCUT2D eigenvalue weighted by atomic mass is 9.47. The topological polar surface area (TPSA) is 52.9 Å². The molecule has 1 aromatic rings. The second kappa shape index (κ2) is 7.44. The van der Waals surface area contributed by atoms with Crippen molar-refractivity contribution in [2.75, 3.05) is 11.6 Å². The smallest absolute Gasteiger partial charge is 0.155 e. The van der Waals surface area contributed by atoms with Gasteiger partial charge in [0, 0.05) is 17.5 Å². The van der Waals surface area contributed by atoms with Gasteiger partial charge in [-0.25, -0.2) is 0 Å². The van der Waals surface area contributed by atoms with E-state index in [1.807, 2.05) is 30.3 Å². The summed E-state index contributed by atoms with van der Waals surface area (Å²) < 4.78 is 0. The monoisotopic (exact) mass is 418 g/mol. The van der Waals surface area contributed by atoms with Crippen molar-refractivity contribution >= 4 is 23.9 Å². The summed E-state index contributed by atoms with van der Waals surface area (Å²) in [6.45, 7) is 8.52. The number of carbonyl (C=O) groups is 1. The molecule has 0 spiro atoms. The van der Waals surface area contributed by atoms with E-state index >= 15 is 0 Å². The average molecular weight is 419 g/mol. The molecule has 0 saturated heterocycles. The molecule has 0 radical (unpaired) electrons. The molecule has 5 atom stereocenters. The standard InChI is InChI=1S/C27H34N2O2/c1-26-14-12-19(31)16-18(26)8-9-20-21-10-11-25(27(21,2)15-13-22(20)26)29(17-30)24-7-5-4-6-23(24)28-3/h4-7,11,16,20-22,30H,3,8-10,12-15,17H2,1-2H3. The van der Waals surface area contributed by atoms with Gasteiger partial charge in [0.1, 0.15) is 6.73 Å². The normalized spacial score (nSPS) is 36.6. The molecule has 4 aliphatic carbocycles. The zero-order valence-corrected chi connectivity index (χ0v) is 18.8. The summed E-state index contributed by atoms with van der Waals surface area (Å²) in [6, 6.07) is 7.95. The molecule has 0 bridgehead atoms. The number of rotatable bonds is 4. The maximum atomic E-state index is 12.1. The van der Waals surface area contributed by atoms with E-state index in [0.29, 0.717) is 30.0 Å². The van der Waals surface area contributed by atoms with Gasteiger partial charge in [0.2, 0.25) is 0 Å². The number of anilines is 1. The minimum Gasteiger partial charge on any atom is -0.376 e. The molecule has 4 nitrogen and oxygen atoms in total. The molecule has 0 heterocycles. The molecule has 1 aromatic carbocycles. The van der Waals surface area contributed by atoms with Crippen LogP contribution in [0.1, 0.15) is 58.8 Å². The first-order chi connectivity index (χ1) is 14.9. The third-order valence-electron chi connectivity index (χ3n) is 9.28. The molecular weight excluding hydrogens is 384 g/mol. The Morgan fingerprint density at radius 2 is 1.94 bits per heavy atom. The maximum Gasteiger partial charge on any atom is 0.155 e. The Balaban J connectivity index is 1.47. The Hall–Kier alpha value is -2.20. The molecule has 5 rings (SSSR count). The largest absolute Gasteiger partial charge is 0.376 e. The van der Waals surface area contributed by atoms with Gasteiger partial charge in [-0.05, 0) is 86.6 Å². The predicted octanol–water partition coefficient (Wildman–Crippen LogP) is 5.80. The summed E-state index contributed by atoms with van der Waals surface area (Å²) in [4.78, 5) is 18.3. The highest BCUT2D eigenvalue weighted by atomic mass is 16.3. The molecule has 31 heavy (non-hydrogen) atoms. The molecule has 0 aromatic heterocycles. The van der Waals surface area contributed by atoms with E-state index in [-0.39, 0.29) is 17.6 Å². The maximum absolute atomic E-state index is 12.1. The van der Waals surface area contributed by atoms with Crippen LogP contribution in [0.15, 0.2) is 52.7 Å². The highest BCUT2D eigenvalue weighted by Crippen LogP contribution is 2.65. The fourth-order valence-corrected chi connectivity index (χ4v) is 7.63. The highest BCUT2D eigenvalue weighted by Gasteiger charge is 2.57. The van der Waals surface area contributed by atoms with Gasteiger partial charge in [-0.15, -0.1) is 0 Å². The van der Waals surface area contributed by atoms with Gasteiger partial charge in [-0.1, -0.05) is 37.6 Å². The summed E-state index contributed by atoms with van der Waals surface area (Å²) >= 11 is 0. The van der Waals surface area contributed by atoms with E-state index in [1.165, 1.54) is 24.1 Å². The number of allylic oxidation sites excluding steroid dienone is 4. The van der Waals surface area contributed by atoms with E-state index < -0.39 is 0 Å². The van der Waals surface area contributed by atoms with Crippen molar-refractivity contribution in [2.45, 2.75) is 58.8 Å². The first-order valence-corrected chi connectivity index (χ1v) is 11.8. The van der Waals surface area contributed by atoms with Crippen LogP contribution in [-0.2, 0) is 4.79 Å². The number of hydrogen-bond donors (Lipinski definition) is 1. The average Bonchev–Trinajstić information content (AvgIpc) is 3.12. The fraction of sp³-hybridized carbons (Fsp3) is 0.556. The van der Waals surface area contributed by atoms with Crippen LogP contribution in [0.5, 0.6) is 0 Å². The van der Waals surface area contributed by atoms with Gasteiger partial charge < -0.3 is 10.0 Å². The Morgan fingerprint density at radius 1 is 1.13 bits per heavy atom. The van der Waals surface area contributed by atoms with Crippen molar-refractivity contribution in [3.63, 3.8) is 0 Å². The van der Waals surface area contributed by atoms with Crippen LogP contribution in [0.2, 0.25) is 0 Å². The van der Waals surface area contributed by atoms with Gasteiger partial charge in [0.15, 0.2) is 5.78 Å². The zero-order chi connectivity index (χ0) is 21.8. The van der Waals surface area contributed by atoms with Gasteiger partial charge in [-0.3, -0.25) is 9.79 Å². The summed E-state index contributed by atoms with van der Waals surface area (Å²) in [5.74, 6) is 2.26. The number of para-hydroxylation sites is 2. The van der Waals surface area contributed by atoms with E-state index in [9.17, 15) is 9.90 Å². The number of fused-ring (bicyclic) bond motifs is 5. The van der Waals surface area contributed by atoms with Gasteiger partial charge in [0.25, 0.3) is 0 Å². The van der Waals surface area contributed by atoms with Gasteiger partial charge in [-0.2, -0.15) is 0 Å². The van der Waals surface area contributed by atoms with Crippen LogP contribution in [0.3, 0.4) is 0 Å². The molecule has 4 aliphatic rings. The highest BCUT2D eigenvalue weighted by molar-refractivity contribution is 5.91. The molecule has 1 N–H and O–H groups in total. The number of aliphatic imine (C=N–C) groups is 1. The number of nitrogens with zero attached hydrogens (tertiary/aromatic N) is 2. The number of carbonyl (C=O) groups excluding carboxylic acids is 1. The van der Waals surface area contributed by atoms with Crippen molar-refractivity contribution in [1.29, 1.82) is 0 Å². The molecule has 2 fully saturated rings. The Kier molecular flexibility index (Phi) is 4.97. The lowest BCUT2D eigenvalue weighted by Crippen LogP contribution is -2.51. The number of benzene rings is 1. The Morgan fingerprint density at radius 3 is 2.71 bits per heavy atom. The second-order valence-electron chi connectivity index (χ2n) is 10.5. The molecule has 164 valence electrons. The number of ketones is 1. The van der Waals surface area contributed by atoms with Crippen molar-refractivity contribution in [2.24, 2.45) is 33.6 Å². The molecular formula is C27H34N2O2. The van der Waals surface area contributed by atoms with E-state index in [4.69, 9.17) is 0 Å². The lowest BCUT2D eigenvalue weighted by Gasteiger charge is -2.58. The quantitative estimate of drug-likeness (QED) is 0.496. The van der Waals surface area contributed by atoms with Crippen LogP contribution in [-0.4, -0.2) is 24.3 Å². The van der Waals surface area contributed by atoms with Crippen molar-refractivity contribution < 1.29 is 9.90 Å². The summed E-state index contributed by atoms with van der Waals surface area (Å²) in [5, 5.41) is 10.4. The molecule has 0 aliphatic heterocycles. The van der Waals surface area contributed by atoms with Crippen LogP contribution < -0.4 is 4.90 Å².